The molecule has 1 N–H and O–H groups in total. The van der Waals surface area contributed by atoms with E-state index < -0.39 is 11.6 Å². The van der Waals surface area contributed by atoms with Gasteiger partial charge in [-0.25, -0.2) is 9.59 Å². The van der Waals surface area contributed by atoms with E-state index in [0.717, 1.165) is 41.5 Å². The van der Waals surface area contributed by atoms with Gasteiger partial charge < -0.3 is 14.7 Å². The van der Waals surface area contributed by atoms with Gasteiger partial charge in [0.15, 0.2) is 0 Å². The molecule has 7 nitrogen and oxygen atoms in total. The minimum absolute atomic E-state index is 0.245. The van der Waals surface area contributed by atoms with Gasteiger partial charge >= 0.3 is 12.1 Å². The van der Waals surface area contributed by atoms with Crippen LogP contribution in [-0.4, -0.2) is 50.5 Å². The number of hydrogen-bond donors (Lipinski definition) is 1. The molecule has 0 aliphatic carbocycles. The lowest BCUT2D eigenvalue weighted by molar-refractivity contribution is 0.0176. The summed E-state index contributed by atoms with van der Waals surface area (Å²) < 4.78 is 7.47. The van der Waals surface area contributed by atoms with Crippen molar-refractivity contribution in [3.63, 3.8) is 0 Å². The number of carbonyl (C=O) groups excluding carboxylic acids is 1. The number of ether oxygens (including phenoxy) is 1. The summed E-state index contributed by atoms with van der Waals surface area (Å²) in [4.78, 5) is 25.6. The minimum Gasteiger partial charge on any atom is -0.478 e. The van der Waals surface area contributed by atoms with Crippen molar-refractivity contribution in [2.75, 3.05) is 13.1 Å². The molecule has 2 heterocycles. The Morgan fingerprint density at radius 2 is 1.90 bits per heavy atom. The monoisotopic (exact) mass is 401 g/mol. The standard InChI is InChI=1S/C22H31N3O4/c1-6-16-17(20(26)27)7-8-18-19(16)14(2)25(23-18)13-15-9-11-24(12-10-15)21(28)29-22(3,4)5/h7-8,15H,6,9-13H2,1-5H3,(H,26,27). The van der Waals surface area contributed by atoms with Gasteiger partial charge in [0.05, 0.1) is 11.1 Å². The Bertz CT molecular complexity index is 918. The minimum atomic E-state index is -0.898. The van der Waals surface area contributed by atoms with Crippen LogP contribution in [0.2, 0.25) is 0 Å². The van der Waals surface area contributed by atoms with E-state index in [9.17, 15) is 14.7 Å². The second kappa shape index (κ2) is 8.05. The number of rotatable bonds is 4. The zero-order valence-electron chi connectivity index (χ0n) is 18.0. The molecule has 0 saturated carbocycles. The number of carboxylic acids is 1. The highest BCUT2D eigenvalue weighted by Crippen LogP contribution is 2.28. The molecular formula is C22H31N3O4. The predicted octanol–water partition coefficient (Wildman–Crippen LogP) is 4.25. The maximum Gasteiger partial charge on any atom is 0.410 e. The van der Waals surface area contributed by atoms with E-state index in [2.05, 4.69) is 0 Å². The summed E-state index contributed by atoms with van der Waals surface area (Å²) in [6, 6.07) is 3.45. The molecule has 0 atom stereocenters. The van der Waals surface area contributed by atoms with Gasteiger partial charge in [-0.05, 0) is 70.6 Å². The number of aryl methyl sites for hydroxylation is 2. The van der Waals surface area contributed by atoms with Crippen LogP contribution in [0.1, 0.15) is 62.2 Å². The van der Waals surface area contributed by atoms with E-state index in [-0.39, 0.29) is 6.09 Å². The second-order valence-electron chi connectivity index (χ2n) is 8.82. The molecule has 1 aromatic carbocycles. The molecule has 1 fully saturated rings. The summed E-state index contributed by atoms with van der Waals surface area (Å²) in [6.45, 7) is 11.8. The van der Waals surface area contributed by atoms with Gasteiger partial charge in [0, 0.05) is 30.7 Å². The number of nitrogens with zero attached hydrogens (tertiary/aromatic N) is 3. The van der Waals surface area contributed by atoms with Crippen molar-refractivity contribution in [3.05, 3.63) is 29.0 Å². The molecule has 3 rings (SSSR count). The fraction of sp³-hybridized carbons (Fsp3) is 0.591. The smallest absolute Gasteiger partial charge is 0.410 e. The van der Waals surface area contributed by atoms with Gasteiger partial charge in [0.1, 0.15) is 5.60 Å². The number of carboxylic acid groups (broad SMARTS) is 1. The Balaban J connectivity index is 1.73. The van der Waals surface area contributed by atoms with Crippen LogP contribution in [0.3, 0.4) is 0 Å². The van der Waals surface area contributed by atoms with Crippen molar-refractivity contribution in [3.8, 4) is 0 Å². The highest BCUT2D eigenvalue weighted by atomic mass is 16.6. The molecule has 1 aromatic heterocycles. The lowest BCUT2D eigenvalue weighted by Gasteiger charge is -2.33. The van der Waals surface area contributed by atoms with Crippen LogP contribution in [-0.2, 0) is 17.7 Å². The predicted molar refractivity (Wildman–Crippen MR) is 111 cm³/mol. The van der Waals surface area contributed by atoms with E-state index in [0.29, 0.717) is 31.0 Å². The van der Waals surface area contributed by atoms with Gasteiger partial charge in [0.2, 0.25) is 0 Å². The average molecular weight is 402 g/mol. The van der Waals surface area contributed by atoms with Crippen LogP contribution in [0.4, 0.5) is 4.79 Å². The van der Waals surface area contributed by atoms with Crippen LogP contribution in [0, 0.1) is 12.8 Å². The van der Waals surface area contributed by atoms with Crippen LogP contribution >= 0.6 is 0 Å². The number of piperidine rings is 1. The maximum atomic E-state index is 12.2. The molecule has 0 unspecified atom stereocenters. The van der Waals surface area contributed by atoms with E-state index in [4.69, 9.17) is 9.84 Å². The second-order valence-corrected chi connectivity index (χ2v) is 8.82. The zero-order valence-corrected chi connectivity index (χ0v) is 18.0. The van der Waals surface area contributed by atoms with Crippen molar-refractivity contribution in [2.24, 2.45) is 5.92 Å². The highest BCUT2D eigenvalue weighted by Gasteiger charge is 2.27. The third-order valence-electron chi connectivity index (χ3n) is 5.55. The summed E-state index contributed by atoms with van der Waals surface area (Å²) in [5.41, 5.74) is 2.57. The summed E-state index contributed by atoms with van der Waals surface area (Å²) in [5.74, 6) is -0.476. The lowest BCUT2D eigenvalue weighted by atomic mass is 9.96. The number of amides is 1. The van der Waals surface area contributed by atoms with Crippen molar-refractivity contribution < 1.29 is 19.4 Å². The van der Waals surface area contributed by atoms with Gasteiger partial charge in [-0.2, -0.15) is 5.10 Å². The molecule has 29 heavy (non-hydrogen) atoms. The van der Waals surface area contributed by atoms with Gasteiger partial charge in [-0.1, -0.05) is 6.92 Å². The Hall–Kier alpha value is -2.57. The van der Waals surface area contributed by atoms with Gasteiger partial charge in [0.25, 0.3) is 0 Å². The maximum absolute atomic E-state index is 12.2. The summed E-state index contributed by atoms with van der Waals surface area (Å²) in [7, 11) is 0. The van der Waals surface area contributed by atoms with Crippen molar-refractivity contribution in [1.29, 1.82) is 0 Å². The number of benzene rings is 1. The largest absolute Gasteiger partial charge is 0.478 e. The van der Waals surface area contributed by atoms with Crippen LogP contribution in [0.25, 0.3) is 10.9 Å². The quantitative estimate of drug-likeness (QED) is 0.828. The number of aromatic nitrogens is 2. The van der Waals surface area contributed by atoms with Crippen molar-refractivity contribution >= 4 is 23.0 Å². The molecule has 1 aliphatic rings. The first kappa shape index (κ1) is 21.1. The molecule has 7 heteroatoms. The SMILES string of the molecule is CCc1c(C(=O)O)ccc2nn(CC3CCN(C(=O)OC(C)(C)C)CC3)c(C)c12. The molecule has 0 bridgehead atoms. The van der Waals surface area contributed by atoms with Crippen molar-refractivity contribution in [1.82, 2.24) is 14.7 Å². The Morgan fingerprint density at radius 3 is 2.45 bits per heavy atom. The fourth-order valence-electron chi connectivity index (χ4n) is 4.07. The number of fused-ring (bicyclic) bond motifs is 1. The first-order valence-corrected chi connectivity index (χ1v) is 10.3. The molecule has 2 aromatic rings. The summed E-state index contributed by atoms with van der Waals surface area (Å²) in [6.07, 6.45) is 2.21. The first-order chi connectivity index (χ1) is 13.6. The fourth-order valence-corrected chi connectivity index (χ4v) is 4.07. The average Bonchev–Trinajstić information content (AvgIpc) is 2.96. The lowest BCUT2D eigenvalue weighted by Crippen LogP contribution is -2.42. The van der Waals surface area contributed by atoms with Crippen LogP contribution < -0.4 is 0 Å². The Kier molecular flexibility index (Phi) is 5.87. The Labute approximate surface area is 171 Å². The van der Waals surface area contributed by atoms with Crippen LogP contribution in [0.15, 0.2) is 12.1 Å². The zero-order chi connectivity index (χ0) is 21.3. The molecule has 158 valence electrons. The summed E-state index contributed by atoms with van der Waals surface area (Å²) in [5, 5.41) is 15.2. The number of aromatic carboxylic acids is 1. The molecular weight excluding hydrogens is 370 g/mol. The van der Waals surface area contributed by atoms with Crippen LogP contribution in [0.5, 0.6) is 0 Å². The van der Waals surface area contributed by atoms with E-state index in [1.54, 1.807) is 17.0 Å². The normalized spacial score (nSPS) is 15.7. The first-order valence-electron chi connectivity index (χ1n) is 10.3. The van der Waals surface area contributed by atoms with E-state index >= 15 is 0 Å². The van der Waals surface area contributed by atoms with Gasteiger partial charge in [-0.3, -0.25) is 4.68 Å². The van der Waals surface area contributed by atoms with E-state index in [1.165, 1.54) is 0 Å². The molecule has 1 saturated heterocycles. The molecule has 0 spiro atoms. The topological polar surface area (TPSA) is 84.7 Å². The summed E-state index contributed by atoms with van der Waals surface area (Å²) >= 11 is 0. The molecule has 1 aliphatic heterocycles. The third kappa shape index (κ3) is 4.54. The number of hydrogen-bond acceptors (Lipinski definition) is 4. The Morgan fingerprint density at radius 1 is 1.24 bits per heavy atom. The van der Waals surface area contributed by atoms with Gasteiger partial charge in [-0.15, -0.1) is 0 Å². The highest BCUT2D eigenvalue weighted by molar-refractivity contribution is 5.97. The number of likely N-dealkylation sites (tertiary alicyclic amines) is 1. The third-order valence-corrected chi connectivity index (χ3v) is 5.55. The molecule has 0 radical (unpaired) electrons. The molecule has 1 amide bonds. The number of carbonyl (C=O) groups is 2. The van der Waals surface area contributed by atoms with Crippen molar-refractivity contribution in [2.45, 2.75) is 66.0 Å². The van der Waals surface area contributed by atoms with E-state index in [1.807, 2.05) is 39.3 Å².